The summed E-state index contributed by atoms with van der Waals surface area (Å²) in [5, 5.41) is 34.5. The normalized spacial score (nSPS) is 11.8. The van der Waals surface area contributed by atoms with E-state index in [-0.39, 0.29) is 25.4 Å². The van der Waals surface area contributed by atoms with Crippen LogP contribution in [0, 0.1) is 0 Å². The van der Waals surface area contributed by atoms with Gasteiger partial charge in [0.1, 0.15) is 6.04 Å². The summed E-state index contributed by atoms with van der Waals surface area (Å²) in [6, 6.07) is -1.82. The molecule has 0 aliphatic rings. The first kappa shape index (κ1) is 12.8. The predicted molar refractivity (Wildman–Crippen MR) is 52.7 cm³/mol. The van der Waals surface area contributed by atoms with Crippen LogP contribution in [0.25, 0.3) is 0 Å². The molecule has 0 bridgehead atoms. The highest BCUT2D eigenvalue weighted by atomic mass is 16.4. The summed E-state index contributed by atoms with van der Waals surface area (Å²) in [5.41, 5.74) is 0. The third-order valence-corrected chi connectivity index (χ3v) is 1.82. The molecule has 1 rings (SSSR count). The number of carbonyl (C=O) groups is 2. The zero-order valence-corrected chi connectivity index (χ0v) is 8.75. The second-order valence-electron chi connectivity index (χ2n) is 3.06. The minimum atomic E-state index is -1.21. The van der Waals surface area contributed by atoms with Gasteiger partial charge in [-0.1, -0.05) is 5.21 Å². The molecule has 0 fully saturated rings. The predicted octanol–water partition coefficient (Wildman–Crippen LogP) is -2.17. The van der Waals surface area contributed by atoms with E-state index in [0.717, 1.165) is 0 Å². The van der Waals surface area contributed by atoms with Crippen LogP contribution in [0.2, 0.25) is 0 Å². The molecule has 0 saturated carbocycles. The van der Waals surface area contributed by atoms with Gasteiger partial charge < -0.3 is 20.8 Å². The number of nitrogens with zero attached hydrogens (tertiary/aromatic N) is 3. The lowest BCUT2D eigenvalue weighted by molar-refractivity contribution is -0.139. The topological polar surface area (TPSA) is 153 Å². The second kappa shape index (κ2) is 6.37. The smallest absolute Gasteiger partial charge is 0.326 e. The Morgan fingerprint density at radius 2 is 2.24 bits per heavy atom. The number of carboxylic acid groups (broad SMARTS) is 1. The molecule has 0 radical (unpaired) electrons. The molecule has 5 N–H and O–H groups in total. The number of aliphatic hydroxyl groups excluding tert-OH is 1. The van der Waals surface area contributed by atoms with Crippen LogP contribution in [-0.4, -0.2) is 55.5 Å². The minimum Gasteiger partial charge on any atom is -0.480 e. The Hall–Kier alpha value is -2.23. The van der Waals surface area contributed by atoms with Crippen LogP contribution in [-0.2, 0) is 11.3 Å². The fraction of sp³-hybridized carbons (Fsp3) is 0.571. The number of rotatable bonds is 6. The number of H-pyrrole nitrogens is 1. The molecule has 1 unspecified atom stereocenters. The Labute approximate surface area is 95.4 Å². The third kappa shape index (κ3) is 4.42. The van der Waals surface area contributed by atoms with E-state index in [0.29, 0.717) is 0 Å². The summed E-state index contributed by atoms with van der Waals surface area (Å²) in [6.45, 7) is -0.310. The molecule has 1 aromatic heterocycles. The van der Waals surface area contributed by atoms with Crippen molar-refractivity contribution < 1.29 is 19.8 Å². The standard InChI is InChI=1S/C7H12N6O4/c14-2-1-4(6(15)16)9-7(17)8-3-5-10-12-13-11-5/h4,14H,1-3H2,(H,15,16)(H2,8,9,17)(H,10,11,12,13). The summed E-state index contributed by atoms with van der Waals surface area (Å²) in [5.74, 6) is -0.942. The van der Waals surface area contributed by atoms with Crippen molar-refractivity contribution in [3.63, 3.8) is 0 Å². The van der Waals surface area contributed by atoms with Gasteiger partial charge in [0.15, 0.2) is 5.82 Å². The highest BCUT2D eigenvalue weighted by molar-refractivity contribution is 5.82. The molecule has 10 heteroatoms. The number of carboxylic acids is 1. The summed E-state index contributed by atoms with van der Waals surface area (Å²) in [4.78, 5) is 21.9. The minimum absolute atomic E-state index is 0.0216. The fourth-order valence-corrected chi connectivity index (χ4v) is 1.01. The van der Waals surface area contributed by atoms with Crippen LogP contribution in [0.1, 0.15) is 12.2 Å². The van der Waals surface area contributed by atoms with E-state index in [1.54, 1.807) is 0 Å². The number of amides is 2. The fourth-order valence-electron chi connectivity index (χ4n) is 1.01. The van der Waals surface area contributed by atoms with Crippen molar-refractivity contribution in [2.75, 3.05) is 6.61 Å². The van der Waals surface area contributed by atoms with Crippen molar-refractivity contribution in [3.8, 4) is 0 Å². The van der Waals surface area contributed by atoms with Crippen molar-refractivity contribution in [2.45, 2.75) is 19.0 Å². The number of aliphatic hydroxyl groups is 1. The highest BCUT2D eigenvalue weighted by Crippen LogP contribution is 1.91. The number of aliphatic carboxylic acids is 1. The van der Waals surface area contributed by atoms with Gasteiger partial charge in [-0.2, -0.15) is 5.21 Å². The molecule has 0 aliphatic heterocycles. The van der Waals surface area contributed by atoms with Gasteiger partial charge in [-0.25, -0.2) is 9.59 Å². The number of aromatic amines is 1. The van der Waals surface area contributed by atoms with Crippen LogP contribution < -0.4 is 10.6 Å². The lowest BCUT2D eigenvalue weighted by Crippen LogP contribution is -2.46. The van der Waals surface area contributed by atoms with Crippen molar-refractivity contribution >= 4 is 12.0 Å². The molecule has 1 aromatic rings. The zero-order valence-electron chi connectivity index (χ0n) is 8.75. The molecule has 1 atom stereocenters. The molecular weight excluding hydrogens is 232 g/mol. The van der Waals surface area contributed by atoms with Gasteiger partial charge >= 0.3 is 12.0 Å². The lowest BCUT2D eigenvalue weighted by Gasteiger charge is -2.13. The molecule has 94 valence electrons. The van der Waals surface area contributed by atoms with Gasteiger partial charge in [0.25, 0.3) is 0 Å². The first-order valence-electron chi connectivity index (χ1n) is 4.74. The average Bonchev–Trinajstić information content (AvgIpc) is 2.78. The summed E-state index contributed by atoms with van der Waals surface area (Å²) in [6.07, 6.45) is -0.0645. The number of hydrogen-bond donors (Lipinski definition) is 5. The zero-order chi connectivity index (χ0) is 12.7. The van der Waals surface area contributed by atoms with E-state index in [1.165, 1.54) is 0 Å². The van der Waals surface area contributed by atoms with E-state index in [4.69, 9.17) is 10.2 Å². The van der Waals surface area contributed by atoms with Crippen LogP contribution in [0.5, 0.6) is 0 Å². The highest BCUT2D eigenvalue weighted by Gasteiger charge is 2.18. The van der Waals surface area contributed by atoms with Gasteiger partial charge in [0.2, 0.25) is 0 Å². The lowest BCUT2D eigenvalue weighted by atomic mass is 10.2. The number of urea groups is 1. The van der Waals surface area contributed by atoms with Gasteiger partial charge in [-0.05, 0) is 0 Å². The molecular formula is C7H12N6O4. The molecule has 0 aromatic carbocycles. The number of hydrogen-bond acceptors (Lipinski definition) is 6. The first-order chi connectivity index (χ1) is 8.13. The van der Waals surface area contributed by atoms with E-state index in [9.17, 15) is 9.59 Å². The Morgan fingerprint density at radius 3 is 2.76 bits per heavy atom. The van der Waals surface area contributed by atoms with Crippen molar-refractivity contribution in [1.29, 1.82) is 0 Å². The molecule has 0 spiro atoms. The summed E-state index contributed by atoms with van der Waals surface area (Å²) in [7, 11) is 0. The average molecular weight is 244 g/mol. The van der Waals surface area contributed by atoms with E-state index >= 15 is 0 Å². The quantitative estimate of drug-likeness (QED) is 0.381. The number of aromatic nitrogens is 4. The Kier molecular flexibility index (Phi) is 4.81. The molecule has 10 nitrogen and oxygen atoms in total. The maximum atomic E-state index is 11.3. The summed E-state index contributed by atoms with van der Waals surface area (Å²) < 4.78 is 0. The van der Waals surface area contributed by atoms with Crippen molar-refractivity contribution in [1.82, 2.24) is 31.3 Å². The second-order valence-corrected chi connectivity index (χ2v) is 3.06. The van der Waals surface area contributed by atoms with Gasteiger partial charge in [-0.3, -0.25) is 0 Å². The number of nitrogens with one attached hydrogen (secondary N) is 3. The van der Waals surface area contributed by atoms with Crippen LogP contribution in [0.3, 0.4) is 0 Å². The largest absolute Gasteiger partial charge is 0.480 e. The molecule has 0 aliphatic carbocycles. The third-order valence-electron chi connectivity index (χ3n) is 1.82. The SMILES string of the molecule is O=C(NCc1nn[nH]n1)NC(CCO)C(=O)O. The Morgan fingerprint density at radius 1 is 1.47 bits per heavy atom. The molecule has 17 heavy (non-hydrogen) atoms. The Bertz CT molecular complexity index is 366. The molecule has 2 amide bonds. The number of tetrazole rings is 1. The van der Waals surface area contributed by atoms with Crippen LogP contribution in [0.4, 0.5) is 4.79 Å². The van der Waals surface area contributed by atoms with Gasteiger partial charge in [0, 0.05) is 13.0 Å². The Balaban J connectivity index is 2.34. The van der Waals surface area contributed by atoms with Crippen LogP contribution in [0.15, 0.2) is 0 Å². The van der Waals surface area contributed by atoms with Crippen molar-refractivity contribution in [3.05, 3.63) is 5.82 Å². The summed E-state index contributed by atoms with van der Waals surface area (Å²) >= 11 is 0. The molecule has 0 saturated heterocycles. The van der Waals surface area contributed by atoms with Crippen LogP contribution >= 0.6 is 0 Å². The van der Waals surface area contributed by atoms with Crippen molar-refractivity contribution in [2.24, 2.45) is 0 Å². The maximum Gasteiger partial charge on any atom is 0.326 e. The van der Waals surface area contributed by atoms with E-state index < -0.39 is 18.0 Å². The first-order valence-corrected chi connectivity index (χ1v) is 4.74. The molecule has 1 heterocycles. The monoisotopic (exact) mass is 244 g/mol. The maximum absolute atomic E-state index is 11.3. The van der Waals surface area contributed by atoms with Gasteiger partial charge in [0.05, 0.1) is 6.54 Å². The van der Waals surface area contributed by atoms with E-state index in [2.05, 4.69) is 31.3 Å². The van der Waals surface area contributed by atoms with E-state index in [1.807, 2.05) is 0 Å². The van der Waals surface area contributed by atoms with Gasteiger partial charge in [-0.15, -0.1) is 10.2 Å². The number of carbonyl (C=O) groups excluding carboxylic acids is 1.